The van der Waals surface area contributed by atoms with E-state index in [-0.39, 0.29) is 6.10 Å². The number of rotatable bonds is 8. The zero-order chi connectivity index (χ0) is 12.5. The zero-order valence-corrected chi connectivity index (χ0v) is 11.3. The van der Waals surface area contributed by atoms with E-state index < -0.39 is 0 Å². The smallest absolute Gasteiger partial charge is 0.0951 e. The fourth-order valence-electron chi connectivity index (χ4n) is 1.85. The maximum Gasteiger partial charge on any atom is 0.0951 e. The molecule has 1 aromatic carbocycles. The Labute approximate surface area is 105 Å². The van der Waals surface area contributed by atoms with E-state index in [1.165, 1.54) is 17.5 Å². The molecule has 0 heterocycles. The number of aryl methyl sites for hydroxylation is 1. The first-order chi connectivity index (χ1) is 8.29. The highest BCUT2D eigenvalue weighted by atomic mass is 16.5. The van der Waals surface area contributed by atoms with E-state index >= 15 is 0 Å². The second-order valence-corrected chi connectivity index (χ2v) is 4.38. The van der Waals surface area contributed by atoms with E-state index in [1.54, 1.807) is 0 Å². The molecule has 0 radical (unpaired) electrons. The van der Waals surface area contributed by atoms with Gasteiger partial charge in [-0.3, -0.25) is 0 Å². The van der Waals surface area contributed by atoms with Gasteiger partial charge in [-0.1, -0.05) is 44.5 Å². The molecule has 2 heteroatoms. The molecule has 0 bridgehead atoms. The molecule has 0 aliphatic rings. The van der Waals surface area contributed by atoms with Crippen molar-refractivity contribution in [2.24, 2.45) is 0 Å². The van der Waals surface area contributed by atoms with Gasteiger partial charge in [-0.05, 0) is 31.0 Å². The normalized spacial score (nSPS) is 12.6. The Morgan fingerprint density at radius 2 is 2.00 bits per heavy atom. The van der Waals surface area contributed by atoms with Crippen LogP contribution in [0.15, 0.2) is 24.3 Å². The average molecular weight is 235 g/mol. The Morgan fingerprint density at radius 3 is 2.65 bits per heavy atom. The van der Waals surface area contributed by atoms with Gasteiger partial charge in [0, 0.05) is 13.2 Å². The fraction of sp³-hybridized carbons (Fsp3) is 0.600. The predicted molar refractivity (Wildman–Crippen MR) is 73.3 cm³/mol. The monoisotopic (exact) mass is 235 g/mol. The summed E-state index contributed by atoms with van der Waals surface area (Å²) in [6.45, 7) is 9.19. The molecule has 1 N–H and O–H groups in total. The van der Waals surface area contributed by atoms with Gasteiger partial charge in [-0.2, -0.15) is 0 Å². The van der Waals surface area contributed by atoms with Crippen LogP contribution in [0.25, 0.3) is 0 Å². The van der Waals surface area contributed by atoms with Crippen LogP contribution in [0, 0.1) is 6.92 Å². The Kier molecular flexibility index (Phi) is 6.90. The van der Waals surface area contributed by atoms with Gasteiger partial charge in [0.05, 0.1) is 6.10 Å². The highest BCUT2D eigenvalue weighted by Gasteiger charge is 2.12. The van der Waals surface area contributed by atoms with Crippen LogP contribution in [-0.4, -0.2) is 19.7 Å². The minimum absolute atomic E-state index is 0.183. The van der Waals surface area contributed by atoms with Crippen molar-refractivity contribution < 1.29 is 4.74 Å². The zero-order valence-electron chi connectivity index (χ0n) is 11.3. The summed E-state index contributed by atoms with van der Waals surface area (Å²) < 4.78 is 5.99. The second kappa shape index (κ2) is 8.26. The summed E-state index contributed by atoms with van der Waals surface area (Å²) in [7, 11) is 0. The largest absolute Gasteiger partial charge is 0.372 e. The summed E-state index contributed by atoms with van der Waals surface area (Å²) in [6.07, 6.45) is 2.50. The topological polar surface area (TPSA) is 21.3 Å². The molecular weight excluding hydrogens is 210 g/mol. The van der Waals surface area contributed by atoms with Crippen molar-refractivity contribution in [3.05, 3.63) is 35.4 Å². The molecule has 2 nitrogen and oxygen atoms in total. The van der Waals surface area contributed by atoms with E-state index in [0.717, 1.165) is 26.1 Å². The van der Waals surface area contributed by atoms with E-state index in [1.807, 2.05) is 0 Å². The van der Waals surface area contributed by atoms with E-state index in [9.17, 15) is 0 Å². The Balaban J connectivity index is 2.64. The van der Waals surface area contributed by atoms with Gasteiger partial charge >= 0.3 is 0 Å². The molecule has 17 heavy (non-hydrogen) atoms. The van der Waals surface area contributed by atoms with Gasteiger partial charge in [0.1, 0.15) is 0 Å². The molecule has 96 valence electrons. The first-order valence-electron chi connectivity index (χ1n) is 6.67. The predicted octanol–water partition coefficient (Wildman–Crippen LogP) is 3.46. The Hall–Kier alpha value is -0.860. The van der Waals surface area contributed by atoms with E-state index in [2.05, 4.69) is 50.4 Å². The van der Waals surface area contributed by atoms with Gasteiger partial charge in [-0.25, -0.2) is 0 Å². The fourth-order valence-corrected chi connectivity index (χ4v) is 1.85. The molecule has 1 unspecified atom stereocenters. The average Bonchev–Trinajstić information content (AvgIpc) is 2.35. The number of nitrogens with one attached hydrogen (secondary N) is 1. The van der Waals surface area contributed by atoms with Crippen LogP contribution in [0.5, 0.6) is 0 Å². The van der Waals surface area contributed by atoms with Crippen molar-refractivity contribution in [2.45, 2.75) is 39.7 Å². The summed E-state index contributed by atoms with van der Waals surface area (Å²) in [5, 5.41) is 3.38. The highest BCUT2D eigenvalue weighted by molar-refractivity contribution is 5.28. The quantitative estimate of drug-likeness (QED) is 0.697. The van der Waals surface area contributed by atoms with Gasteiger partial charge in [0.15, 0.2) is 0 Å². The van der Waals surface area contributed by atoms with Gasteiger partial charge in [0.25, 0.3) is 0 Å². The van der Waals surface area contributed by atoms with E-state index in [0.29, 0.717) is 0 Å². The molecule has 0 fully saturated rings. The van der Waals surface area contributed by atoms with Gasteiger partial charge in [-0.15, -0.1) is 0 Å². The number of unbranched alkanes of at least 4 members (excludes halogenated alkanes) is 1. The molecule has 0 aliphatic heterocycles. The van der Waals surface area contributed by atoms with Gasteiger partial charge in [0.2, 0.25) is 0 Å². The maximum absolute atomic E-state index is 5.99. The maximum atomic E-state index is 5.99. The van der Waals surface area contributed by atoms with Crippen LogP contribution < -0.4 is 5.32 Å². The lowest BCUT2D eigenvalue weighted by atomic mass is 10.0. The summed E-state index contributed by atoms with van der Waals surface area (Å²) >= 11 is 0. The molecular formula is C15H25NO. The molecule has 0 saturated carbocycles. The molecule has 0 amide bonds. The third-order valence-corrected chi connectivity index (χ3v) is 2.93. The number of ether oxygens (including phenoxy) is 1. The van der Waals surface area contributed by atoms with Crippen LogP contribution in [0.1, 0.15) is 43.9 Å². The molecule has 1 rings (SSSR count). The lowest BCUT2D eigenvalue weighted by Gasteiger charge is -2.20. The van der Waals surface area contributed by atoms with Crippen molar-refractivity contribution in [3.8, 4) is 0 Å². The summed E-state index contributed by atoms with van der Waals surface area (Å²) in [6, 6.07) is 8.49. The molecule has 0 spiro atoms. The van der Waals surface area contributed by atoms with Crippen molar-refractivity contribution in [1.82, 2.24) is 5.32 Å². The number of likely N-dealkylation sites (N-methyl/N-ethyl adjacent to an activating group) is 1. The molecule has 0 aromatic heterocycles. The minimum Gasteiger partial charge on any atom is -0.372 e. The molecule has 0 aliphatic carbocycles. The molecule has 0 saturated heterocycles. The number of hydrogen-bond donors (Lipinski definition) is 1. The minimum atomic E-state index is 0.183. The van der Waals surface area contributed by atoms with Crippen molar-refractivity contribution >= 4 is 0 Å². The first-order valence-corrected chi connectivity index (χ1v) is 6.67. The van der Waals surface area contributed by atoms with Crippen LogP contribution in [0.2, 0.25) is 0 Å². The van der Waals surface area contributed by atoms with Crippen LogP contribution in [0.4, 0.5) is 0 Å². The highest BCUT2D eigenvalue weighted by Crippen LogP contribution is 2.20. The first kappa shape index (κ1) is 14.2. The van der Waals surface area contributed by atoms with Crippen LogP contribution in [-0.2, 0) is 4.74 Å². The van der Waals surface area contributed by atoms with Crippen molar-refractivity contribution in [3.63, 3.8) is 0 Å². The van der Waals surface area contributed by atoms with E-state index in [4.69, 9.17) is 4.74 Å². The van der Waals surface area contributed by atoms with Crippen molar-refractivity contribution in [1.29, 1.82) is 0 Å². The molecule has 1 atom stereocenters. The lowest BCUT2D eigenvalue weighted by molar-refractivity contribution is 0.0506. The number of hydrogen-bond acceptors (Lipinski definition) is 2. The third kappa shape index (κ3) is 4.88. The number of benzene rings is 1. The Bertz CT molecular complexity index is 312. The van der Waals surface area contributed by atoms with Crippen LogP contribution >= 0.6 is 0 Å². The lowest BCUT2D eigenvalue weighted by Crippen LogP contribution is -2.24. The second-order valence-electron chi connectivity index (χ2n) is 4.38. The van der Waals surface area contributed by atoms with Crippen LogP contribution in [0.3, 0.4) is 0 Å². The van der Waals surface area contributed by atoms with Gasteiger partial charge < -0.3 is 10.1 Å². The summed E-state index contributed by atoms with van der Waals surface area (Å²) in [5.74, 6) is 0. The third-order valence-electron chi connectivity index (χ3n) is 2.93. The van der Waals surface area contributed by atoms with Crippen molar-refractivity contribution in [2.75, 3.05) is 19.7 Å². The SMILES string of the molecule is CCCCOC(CNCC)c1ccccc1C. The summed E-state index contributed by atoms with van der Waals surface area (Å²) in [4.78, 5) is 0. The standard InChI is InChI=1S/C15H25NO/c1-4-6-11-17-15(12-16-5-2)14-10-8-7-9-13(14)3/h7-10,15-16H,4-6,11-12H2,1-3H3. The summed E-state index contributed by atoms with van der Waals surface area (Å²) in [5.41, 5.74) is 2.62. The Morgan fingerprint density at radius 1 is 1.24 bits per heavy atom. The molecule has 1 aromatic rings.